The van der Waals surface area contributed by atoms with Crippen LogP contribution in [0, 0.1) is 0 Å². The molecular formula is C17H18N2O5. The second kappa shape index (κ2) is 8.42. The highest BCUT2D eigenvalue weighted by Crippen LogP contribution is 2.17. The van der Waals surface area contributed by atoms with Crippen LogP contribution < -0.4 is 20.1 Å². The van der Waals surface area contributed by atoms with Gasteiger partial charge in [-0.25, -0.2) is 9.59 Å². The van der Waals surface area contributed by atoms with Gasteiger partial charge >= 0.3 is 12.0 Å². The van der Waals surface area contributed by atoms with Crippen molar-refractivity contribution in [1.29, 1.82) is 0 Å². The fourth-order valence-corrected chi connectivity index (χ4v) is 1.86. The Hall–Kier alpha value is -3.22. The number of ether oxygens (including phenoxy) is 2. The van der Waals surface area contributed by atoms with Crippen LogP contribution >= 0.6 is 0 Å². The number of carboxylic acids is 1. The minimum Gasteiger partial charge on any atom is -0.494 e. The Morgan fingerprint density at radius 1 is 0.958 bits per heavy atom. The SMILES string of the molecule is CCOc1ccc(OCNC(=O)Nc2ccc(C(=O)O)cc2)cc1. The summed E-state index contributed by atoms with van der Waals surface area (Å²) in [6, 6.07) is 12.4. The first-order valence-corrected chi connectivity index (χ1v) is 7.32. The predicted molar refractivity (Wildman–Crippen MR) is 88.7 cm³/mol. The second-order valence-corrected chi connectivity index (χ2v) is 4.71. The molecule has 0 fully saturated rings. The van der Waals surface area contributed by atoms with Gasteiger partial charge in [0.1, 0.15) is 11.5 Å². The van der Waals surface area contributed by atoms with Gasteiger partial charge in [-0.05, 0) is 55.5 Å². The van der Waals surface area contributed by atoms with E-state index >= 15 is 0 Å². The summed E-state index contributed by atoms with van der Waals surface area (Å²) in [6.45, 7) is 2.49. The van der Waals surface area contributed by atoms with E-state index in [1.807, 2.05) is 6.92 Å². The summed E-state index contributed by atoms with van der Waals surface area (Å²) in [6.07, 6.45) is 0. The normalized spacial score (nSPS) is 9.88. The van der Waals surface area contributed by atoms with Gasteiger partial charge in [0.15, 0.2) is 6.73 Å². The molecule has 0 saturated carbocycles. The molecule has 2 aromatic carbocycles. The summed E-state index contributed by atoms with van der Waals surface area (Å²) < 4.78 is 10.7. The number of hydrogen-bond acceptors (Lipinski definition) is 4. The molecule has 0 aliphatic heterocycles. The molecule has 0 saturated heterocycles. The van der Waals surface area contributed by atoms with Gasteiger partial charge in [-0.1, -0.05) is 0 Å². The quantitative estimate of drug-likeness (QED) is 0.678. The monoisotopic (exact) mass is 330 g/mol. The molecule has 2 rings (SSSR count). The topological polar surface area (TPSA) is 96.9 Å². The molecule has 0 spiro atoms. The van der Waals surface area contributed by atoms with Gasteiger partial charge in [-0.15, -0.1) is 0 Å². The molecule has 0 atom stereocenters. The largest absolute Gasteiger partial charge is 0.494 e. The summed E-state index contributed by atoms with van der Waals surface area (Å²) >= 11 is 0. The van der Waals surface area contributed by atoms with Crippen molar-refractivity contribution in [3.8, 4) is 11.5 Å². The molecule has 0 heterocycles. The highest BCUT2D eigenvalue weighted by atomic mass is 16.5. The van der Waals surface area contributed by atoms with E-state index in [0.29, 0.717) is 18.0 Å². The van der Waals surface area contributed by atoms with E-state index in [4.69, 9.17) is 14.6 Å². The van der Waals surface area contributed by atoms with Gasteiger partial charge in [0.25, 0.3) is 0 Å². The maximum absolute atomic E-state index is 11.7. The molecule has 3 N–H and O–H groups in total. The van der Waals surface area contributed by atoms with E-state index in [1.54, 1.807) is 24.3 Å². The molecule has 7 nitrogen and oxygen atoms in total. The van der Waals surface area contributed by atoms with E-state index in [1.165, 1.54) is 24.3 Å². The zero-order chi connectivity index (χ0) is 17.4. The molecule has 0 bridgehead atoms. The highest BCUT2D eigenvalue weighted by Gasteiger charge is 2.04. The number of carboxylic acid groups (broad SMARTS) is 1. The molecular weight excluding hydrogens is 312 g/mol. The number of benzene rings is 2. The lowest BCUT2D eigenvalue weighted by Crippen LogP contribution is -2.32. The van der Waals surface area contributed by atoms with Crippen LogP contribution in [0.2, 0.25) is 0 Å². The van der Waals surface area contributed by atoms with Crippen molar-refractivity contribution in [2.24, 2.45) is 0 Å². The van der Waals surface area contributed by atoms with Crippen LogP contribution in [0.15, 0.2) is 48.5 Å². The van der Waals surface area contributed by atoms with Crippen molar-refractivity contribution >= 4 is 17.7 Å². The Morgan fingerprint density at radius 2 is 1.54 bits per heavy atom. The molecule has 0 unspecified atom stereocenters. The van der Waals surface area contributed by atoms with Crippen molar-refractivity contribution < 1.29 is 24.2 Å². The molecule has 126 valence electrons. The number of rotatable bonds is 7. The fraction of sp³-hybridized carbons (Fsp3) is 0.176. The lowest BCUT2D eigenvalue weighted by atomic mass is 10.2. The van der Waals surface area contributed by atoms with Crippen molar-refractivity contribution in [3.05, 3.63) is 54.1 Å². The average Bonchev–Trinajstić information content (AvgIpc) is 2.57. The van der Waals surface area contributed by atoms with Gasteiger partial charge in [0.2, 0.25) is 0 Å². The van der Waals surface area contributed by atoms with Crippen LogP contribution in [-0.2, 0) is 0 Å². The van der Waals surface area contributed by atoms with Gasteiger partial charge in [-0.2, -0.15) is 0 Å². The van der Waals surface area contributed by atoms with Crippen molar-refractivity contribution in [2.75, 3.05) is 18.7 Å². The standard InChI is InChI=1S/C17H18N2O5/c1-2-23-14-7-9-15(10-8-14)24-11-18-17(22)19-13-5-3-12(4-6-13)16(20)21/h3-10H,2,11H2,1H3,(H,20,21)(H2,18,19,22). The lowest BCUT2D eigenvalue weighted by Gasteiger charge is -2.10. The third-order valence-corrected chi connectivity index (χ3v) is 3.00. The Bertz CT molecular complexity index is 683. The minimum absolute atomic E-state index is 0.00692. The summed E-state index contributed by atoms with van der Waals surface area (Å²) in [5, 5.41) is 13.9. The predicted octanol–water partition coefficient (Wildman–Crippen LogP) is 2.94. The Balaban J connectivity index is 1.75. The van der Waals surface area contributed by atoms with Crippen molar-refractivity contribution in [3.63, 3.8) is 0 Å². The summed E-state index contributed by atoms with van der Waals surface area (Å²) in [7, 11) is 0. The van der Waals surface area contributed by atoms with E-state index < -0.39 is 12.0 Å². The first-order chi connectivity index (χ1) is 11.6. The van der Waals surface area contributed by atoms with Crippen LogP contribution in [0.25, 0.3) is 0 Å². The fourth-order valence-electron chi connectivity index (χ4n) is 1.86. The Kier molecular flexibility index (Phi) is 6.01. The average molecular weight is 330 g/mol. The number of amides is 2. The number of carbonyl (C=O) groups is 2. The van der Waals surface area contributed by atoms with Gasteiger partial charge in [0.05, 0.1) is 12.2 Å². The van der Waals surface area contributed by atoms with Gasteiger partial charge in [0, 0.05) is 5.69 Å². The lowest BCUT2D eigenvalue weighted by molar-refractivity contribution is 0.0697. The van der Waals surface area contributed by atoms with Crippen molar-refractivity contribution in [2.45, 2.75) is 6.92 Å². The number of carbonyl (C=O) groups excluding carboxylic acids is 1. The molecule has 2 amide bonds. The first kappa shape index (κ1) is 17.1. The van der Waals surface area contributed by atoms with E-state index in [2.05, 4.69) is 10.6 Å². The summed E-state index contributed by atoms with van der Waals surface area (Å²) in [4.78, 5) is 22.5. The number of hydrogen-bond donors (Lipinski definition) is 3. The van der Waals surface area contributed by atoms with Gasteiger partial charge in [-0.3, -0.25) is 0 Å². The van der Waals surface area contributed by atoms with Crippen LogP contribution in [0.3, 0.4) is 0 Å². The number of anilines is 1. The van der Waals surface area contributed by atoms with Crippen LogP contribution in [0.4, 0.5) is 10.5 Å². The van der Waals surface area contributed by atoms with E-state index in [-0.39, 0.29) is 12.3 Å². The molecule has 7 heteroatoms. The van der Waals surface area contributed by atoms with Crippen LogP contribution in [0.1, 0.15) is 17.3 Å². The summed E-state index contributed by atoms with van der Waals surface area (Å²) in [5.74, 6) is 0.333. The third-order valence-electron chi connectivity index (χ3n) is 3.00. The maximum Gasteiger partial charge on any atom is 0.335 e. The number of aromatic carboxylic acids is 1. The van der Waals surface area contributed by atoms with Gasteiger partial charge < -0.3 is 25.2 Å². The molecule has 0 aliphatic rings. The maximum atomic E-state index is 11.7. The Labute approximate surface area is 139 Å². The third kappa shape index (κ3) is 5.20. The second-order valence-electron chi connectivity index (χ2n) is 4.71. The molecule has 0 radical (unpaired) electrons. The minimum atomic E-state index is -1.02. The zero-order valence-electron chi connectivity index (χ0n) is 13.1. The molecule has 2 aromatic rings. The van der Waals surface area contributed by atoms with Crippen LogP contribution in [0.5, 0.6) is 11.5 Å². The summed E-state index contributed by atoms with van der Waals surface area (Å²) in [5.41, 5.74) is 0.637. The molecule has 24 heavy (non-hydrogen) atoms. The van der Waals surface area contributed by atoms with Crippen LogP contribution in [-0.4, -0.2) is 30.4 Å². The molecule has 0 aromatic heterocycles. The Morgan fingerprint density at radius 3 is 2.08 bits per heavy atom. The number of nitrogens with one attached hydrogen (secondary N) is 2. The van der Waals surface area contributed by atoms with E-state index in [0.717, 1.165) is 5.75 Å². The zero-order valence-corrected chi connectivity index (χ0v) is 13.1. The number of urea groups is 1. The van der Waals surface area contributed by atoms with E-state index in [9.17, 15) is 9.59 Å². The molecule has 0 aliphatic carbocycles. The first-order valence-electron chi connectivity index (χ1n) is 7.32. The van der Waals surface area contributed by atoms with Crippen molar-refractivity contribution in [1.82, 2.24) is 5.32 Å². The highest BCUT2D eigenvalue weighted by molar-refractivity contribution is 5.91. The smallest absolute Gasteiger partial charge is 0.335 e.